The Morgan fingerprint density at radius 1 is 1.38 bits per heavy atom. The molecule has 1 fully saturated rings. The number of esters is 1. The predicted octanol–water partition coefficient (Wildman–Crippen LogP) is 1.37. The van der Waals surface area contributed by atoms with Crippen LogP contribution in [0.5, 0.6) is 0 Å². The van der Waals surface area contributed by atoms with Crippen LogP contribution in [0.2, 0.25) is 0 Å². The first-order chi connectivity index (χ1) is 12.5. The fraction of sp³-hybridized carbons (Fsp3) is 0.389. The summed E-state index contributed by atoms with van der Waals surface area (Å²) in [5, 5.41) is 3.04. The summed E-state index contributed by atoms with van der Waals surface area (Å²) in [6.45, 7) is 0.662. The summed E-state index contributed by atoms with van der Waals surface area (Å²) in [6.07, 6.45) is 0.678. The highest BCUT2D eigenvalue weighted by atomic mass is 19.1. The number of amides is 1. The zero-order valence-electron chi connectivity index (χ0n) is 14.2. The molecule has 8 heteroatoms. The molecule has 2 aromatic rings. The molecule has 0 spiro atoms. The molecular formula is C18H19FN2O5. The second-order valence-electron chi connectivity index (χ2n) is 6.28. The third-order valence-electron chi connectivity index (χ3n) is 4.39. The van der Waals surface area contributed by atoms with Crippen LogP contribution in [0.1, 0.15) is 23.2 Å². The van der Waals surface area contributed by atoms with Gasteiger partial charge in [0.1, 0.15) is 5.82 Å². The van der Waals surface area contributed by atoms with Gasteiger partial charge in [0.25, 0.3) is 5.91 Å². The van der Waals surface area contributed by atoms with Crippen molar-refractivity contribution in [1.29, 1.82) is 0 Å². The van der Waals surface area contributed by atoms with Gasteiger partial charge in [-0.2, -0.15) is 0 Å². The number of benzene rings is 1. The summed E-state index contributed by atoms with van der Waals surface area (Å²) in [5.41, 5.74) is 0.0520. The molecule has 0 saturated carbocycles. The van der Waals surface area contributed by atoms with Crippen molar-refractivity contribution in [3.63, 3.8) is 0 Å². The Kier molecular flexibility index (Phi) is 5.32. The molecule has 7 nitrogen and oxygen atoms in total. The first-order valence-electron chi connectivity index (χ1n) is 8.25. The number of pyridine rings is 1. The van der Waals surface area contributed by atoms with Crippen molar-refractivity contribution in [2.75, 3.05) is 20.3 Å². The van der Waals surface area contributed by atoms with Crippen LogP contribution in [0, 0.1) is 11.7 Å². The zero-order valence-corrected chi connectivity index (χ0v) is 14.2. The van der Waals surface area contributed by atoms with Crippen LogP contribution in [0.4, 0.5) is 4.39 Å². The maximum absolute atomic E-state index is 13.5. The van der Waals surface area contributed by atoms with Crippen LogP contribution >= 0.6 is 0 Å². The van der Waals surface area contributed by atoms with E-state index in [1.807, 2.05) is 0 Å². The highest BCUT2D eigenvalue weighted by Gasteiger charge is 2.28. The molecule has 2 N–H and O–H groups in total. The summed E-state index contributed by atoms with van der Waals surface area (Å²) >= 11 is 0. The Bertz CT molecular complexity index is 895. The number of halogens is 1. The van der Waals surface area contributed by atoms with Crippen LogP contribution in [-0.2, 0) is 14.3 Å². The number of aromatic nitrogens is 1. The van der Waals surface area contributed by atoms with E-state index in [9.17, 15) is 18.8 Å². The Balaban J connectivity index is 1.66. The van der Waals surface area contributed by atoms with Gasteiger partial charge in [-0.05, 0) is 30.5 Å². The van der Waals surface area contributed by atoms with Crippen LogP contribution < -0.4 is 10.9 Å². The maximum Gasteiger partial charge on any atom is 0.305 e. The van der Waals surface area contributed by atoms with E-state index in [2.05, 4.69) is 15.0 Å². The van der Waals surface area contributed by atoms with Crippen molar-refractivity contribution < 1.29 is 23.5 Å². The lowest BCUT2D eigenvalue weighted by Crippen LogP contribution is -2.32. The molecule has 2 heterocycles. The number of aromatic amines is 1. The maximum atomic E-state index is 13.5. The van der Waals surface area contributed by atoms with Gasteiger partial charge in [-0.25, -0.2) is 4.39 Å². The van der Waals surface area contributed by atoms with E-state index in [-0.39, 0.29) is 36.5 Å². The lowest BCUT2D eigenvalue weighted by Gasteiger charge is -2.12. The number of carbonyl (C=O) groups is 2. The van der Waals surface area contributed by atoms with E-state index in [4.69, 9.17) is 4.74 Å². The molecule has 1 aromatic carbocycles. The molecule has 0 bridgehead atoms. The number of fused-ring (bicyclic) bond motifs is 1. The molecule has 1 saturated heterocycles. The molecule has 0 aliphatic carbocycles. The molecule has 2 unspecified atom stereocenters. The molecule has 3 rings (SSSR count). The van der Waals surface area contributed by atoms with Gasteiger partial charge in [0, 0.05) is 23.5 Å². The normalized spacial score (nSPS) is 19.5. The summed E-state index contributed by atoms with van der Waals surface area (Å²) in [4.78, 5) is 38.1. The number of carbonyl (C=O) groups excluding carboxylic acids is 2. The van der Waals surface area contributed by atoms with E-state index >= 15 is 0 Å². The lowest BCUT2D eigenvalue weighted by atomic mass is 10.0. The fourth-order valence-electron chi connectivity index (χ4n) is 3.10. The van der Waals surface area contributed by atoms with Gasteiger partial charge in [-0.15, -0.1) is 0 Å². The van der Waals surface area contributed by atoms with Crippen molar-refractivity contribution >= 4 is 22.8 Å². The number of hydrogen-bond donors (Lipinski definition) is 2. The number of nitrogens with one attached hydrogen (secondary N) is 2. The number of H-pyrrole nitrogens is 1. The van der Waals surface area contributed by atoms with Crippen LogP contribution in [0.25, 0.3) is 10.9 Å². The van der Waals surface area contributed by atoms with Crippen molar-refractivity contribution in [2.45, 2.75) is 18.9 Å². The Hall–Kier alpha value is -2.74. The van der Waals surface area contributed by atoms with E-state index < -0.39 is 17.3 Å². The minimum absolute atomic E-state index is 0.0545. The molecule has 1 aliphatic rings. The van der Waals surface area contributed by atoms with Gasteiger partial charge in [-0.1, -0.05) is 0 Å². The number of rotatable bonds is 5. The van der Waals surface area contributed by atoms with E-state index in [0.717, 1.165) is 6.07 Å². The predicted molar refractivity (Wildman–Crippen MR) is 91.3 cm³/mol. The topological polar surface area (TPSA) is 97.5 Å². The minimum atomic E-state index is -0.497. The summed E-state index contributed by atoms with van der Waals surface area (Å²) in [6, 6.07) is 4.99. The first kappa shape index (κ1) is 18.1. The number of methoxy groups -OCH3 is 1. The van der Waals surface area contributed by atoms with Gasteiger partial charge >= 0.3 is 5.97 Å². The second-order valence-corrected chi connectivity index (χ2v) is 6.28. The van der Waals surface area contributed by atoms with Crippen molar-refractivity contribution in [1.82, 2.24) is 10.3 Å². The SMILES string of the molecule is COC(=O)CC1COC(CNC(=O)c2cc(=O)[nH]c3ccc(F)cc23)C1. The van der Waals surface area contributed by atoms with Crippen LogP contribution in [0.15, 0.2) is 29.1 Å². The third kappa shape index (κ3) is 4.08. The molecule has 2 atom stereocenters. The monoisotopic (exact) mass is 362 g/mol. The smallest absolute Gasteiger partial charge is 0.305 e. The lowest BCUT2D eigenvalue weighted by molar-refractivity contribution is -0.141. The standard InChI is InChI=1S/C18H19FN2O5/c1-25-17(23)5-10-4-12(26-9-10)8-20-18(24)14-7-16(22)21-15-3-2-11(19)6-13(14)15/h2-3,6-7,10,12H,4-5,8-9H2,1H3,(H,20,24)(H,21,22). The van der Waals surface area contributed by atoms with Crippen LogP contribution in [-0.4, -0.2) is 43.2 Å². The number of ether oxygens (including phenoxy) is 2. The van der Waals surface area contributed by atoms with Crippen LogP contribution in [0.3, 0.4) is 0 Å². The Morgan fingerprint density at radius 3 is 2.96 bits per heavy atom. The molecule has 0 radical (unpaired) electrons. The summed E-state index contributed by atoms with van der Waals surface area (Å²) in [7, 11) is 1.34. The number of hydrogen-bond acceptors (Lipinski definition) is 5. The zero-order chi connectivity index (χ0) is 18.7. The van der Waals surface area contributed by atoms with Gasteiger partial charge < -0.3 is 19.8 Å². The largest absolute Gasteiger partial charge is 0.469 e. The summed E-state index contributed by atoms with van der Waals surface area (Å²) in [5.74, 6) is -1.21. The molecule has 138 valence electrons. The molecule has 26 heavy (non-hydrogen) atoms. The average molecular weight is 362 g/mol. The van der Waals surface area contributed by atoms with Crippen molar-refractivity contribution in [3.8, 4) is 0 Å². The van der Waals surface area contributed by atoms with E-state index in [1.54, 1.807) is 0 Å². The van der Waals surface area contributed by atoms with Gasteiger partial charge in [0.2, 0.25) is 5.56 Å². The second kappa shape index (κ2) is 7.65. The Labute approximate surface area is 148 Å². The average Bonchev–Trinajstić information content (AvgIpc) is 3.06. The first-order valence-corrected chi connectivity index (χ1v) is 8.25. The molecule has 1 aliphatic heterocycles. The van der Waals surface area contributed by atoms with E-state index in [0.29, 0.717) is 23.9 Å². The quantitative estimate of drug-likeness (QED) is 0.783. The van der Waals surface area contributed by atoms with E-state index in [1.165, 1.54) is 25.3 Å². The Morgan fingerprint density at radius 2 is 2.19 bits per heavy atom. The van der Waals surface area contributed by atoms with Gasteiger partial charge in [-0.3, -0.25) is 14.4 Å². The van der Waals surface area contributed by atoms with Gasteiger partial charge in [0.05, 0.1) is 31.8 Å². The highest BCUT2D eigenvalue weighted by molar-refractivity contribution is 6.05. The molecule has 1 aromatic heterocycles. The fourth-order valence-corrected chi connectivity index (χ4v) is 3.10. The highest BCUT2D eigenvalue weighted by Crippen LogP contribution is 2.23. The van der Waals surface area contributed by atoms with Crippen molar-refractivity contribution in [3.05, 3.63) is 46.0 Å². The molecular weight excluding hydrogens is 343 g/mol. The third-order valence-corrected chi connectivity index (χ3v) is 4.39. The molecule has 1 amide bonds. The summed E-state index contributed by atoms with van der Waals surface area (Å²) < 4.78 is 23.7. The van der Waals surface area contributed by atoms with Crippen molar-refractivity contribution in [2.24, 2.45) is 5.92 Å². The van der Waals surface area contributed by atoms with Gasteiger partial charge in [0.15, 0.2) is 0 Å². The minimum Gasteiger partial charge on any atom is -0.469 e.